The third kappa shape index (κ3) is 1.82. The van der Waals surface area contributed by atoms with Crippen molar-refractivity contribution in [3.8, 4) is 11.5 Å². The van der Waals surface area contributed by atoms with Crippen LogP contribution in [0.1, 0.15) is 22.3 Å². The van der Waals surface area contributed by atoms with E-state index < -0.39 is 17.9 Å². The molecule has 1 aromatic carbocycles. The lowest BCUT2D eigenvalue weighted by atomic mass is 10.1. The van der Waals surface area contributed by atoms with Gasteiger partial charge in [0.25, 0.3) is 0 Å². The number of aromatic hydroxyl groups is 1. The quantitative estimate of drug-likeness (QED) is 0.808. The summed E-state index contributed by atoms with van der Waals surface area (Å²) in [6.07, 6.45) is -4.50. The molecule has 1 aliphatic rings. The number of rotatable bonds is 1. The molecule has 0 saturated heterocycles. The molecule has 0 aromatic heterocycles. The molecule has 0 aliphatic heterocycles. The summed E-state index contributed by atoms with van der Waals surface area (Å²) in [6, 6.07) is 2.05. The van der Waals surface area contributed by atoms with Crippen molar-refractivity contribution in [1.29, 1.82) is 0 Å². The lowest BCUT2D eigenvalue weighted by Crippen LogP contribution is -2.18. The molecule has 0 atom stereocenters. The smallest absolute Gasteiger partial charge is 0.508 e. The Kier molecular flexibility index (Phi) is 2.29. The summed E-state index contributed by atoms with van der Waals surface area (Å²) in [7, 11) is 0. The van der Waals surface area contributed by atoms with Crippen LogP contribution in [0.15, 0.2) is 12.1 Å². The highest BCUT2D eigenvalue weighted by atomic mass is 19.4. The normalized spacial score (nSPS) is 15.1. The second-order valence-electron chi connectivity index (χ2n) is 3.41. The first-order valence-corrected chi connectivity index (χ1v) is 4.52. The maximum atomic E-state index is 12.0. The topological polar surface area (TPSA) is 46.5 Å². The van der Waals surface area contributed by atoms with E-state index in [1.165, 1.54) is 0 Å². The van der Waals surface area contributed by atoms with Crippen LogP contribution in [0, 0.1) is 0 Å². The van der Waals surface area contributed by atoms with E-state index in [1.54, 1.807) is 0 Å². The predicted molar refractivity (Wildman–Crippen MR) is 47.4 cm³/mol. The number of alkyl halides is 3. The number of hydrogen-bond acceptors (Lipinski definition) is 3. The monoisotopic (exact) mass is 232 g/mol. The van der Waals surface area contributed by atoms with Crippen LogP contribution < -0.4 is 4.74 Å². The number of ketones is 1. The Morgan fingerprint density at radius 1 is 1.25 bits per heavy atom. The van der Waals surface area contributed by atoms with Gasteiger partial charge in [-0.15, -0.1) is 13.2 Å². The number of halogens is 3. The molecule has 16 heavy (non-hydrogen) atoms. The second kappa shape index (κ2) is 3.40. The van der Waals surface area contributed by atoms with Gasteiger partial charge in [0, 0.05) is 12.0 Å². The maximum Gasteiger partial charge on any atom is 0.573 e. The summed E-state index contributed by atoms with van der Waals surface area (Å²) in [5, 5.41) is 9.38. The molecular formula is C10H7F3O3. The molecule has 1 N–H and O–H groups in total. The lowest BCUT2D eigenvalue weighted by Gasteiger charge is -2.12. The van der Waals surface area contributed by atoms with Crippen molar-refractivity contribution < 1.29 is 27.8 Å². The van der Waals surface area contributed by atoms with Crippen molar-refractivity contribution >= 4 is 5.78 Å². The van der Waals surface area contributed by atoms with Gasteiger partial charge in [0.2, 0.25) is 0 Å². The van der Waals surface area contributed by atoms with Crippen molar-refractivity contribution in [1.82, 2.24) is 0 Å². The van der Waals surface area contributed by atoms with E-state index in [9.17, 15) is 23.1 Å². The third-order valence-electron chi connectivity index (χ3n) is 2.36. The minimum atomic E-state index is -4.84. The Bertz CT molecular complexity index is 451. The molecule has 86 valence electrons. The van der Waals surface area contributed by atoms with Crippen molar-refractivity contribution in [3.63, 3.8) is 0 Å². The van der Waals surface area contributed by atoms with Gasteiger partial charge in [-0.05, 0) is 18.6 Å². The van der Waals surface area contributed by atoms with Gasteiger partial charge in [-0.25, -0.2) is 0 Å². The van der Waals surface area contributed by atoms with Crippen LogP contribution in [0.2, 0.25) is 0 Å². The molecule has 3 nitrogen and oxygen atoms in total. The van der Waals surface area contributed by atoms with E-state index in [2.05, 4.69) is 4.74 Å². The Hall–Kier alpha value is -1.72. The molecule has 0 heterocycles. The van der Waals surface area contributed by atoms with Crippen molar-refractivity contribution in [2.24, 2.45) is 0 Å². The molecule has 0 amide bonds. The van der Waals surface area contributed by atoms with Crippen LogP contribution in [-0.2, 0) is 6.42 Å². The highest BCUT2D eigenvalue weighted by molar-refractivity contribution is 6.03. The minimum Gasteiger partial charge on any atom is -0.508 e. The number of fused-ring (bicyclic) bond motifs is 1. The zero-order valence-electron chi connectivity index (χ0n) is 7.97. The lowest BCUT2D eigenvalue weighted by molar-refractivity contribution is -0.274. The van der Waals surface area contributed by atoms with Gasteiger partial charge >= 0.3 is 6.36 Å². The van der Waals surface area contributed by atoms with Crippen LogP contribution in [0.25, 0.3) is 0 Å². The van der Waals surface area contributed by atoms with E-state index in [1.807, 2.05) is 0 Å². The first-order valence-electron chi connectivity index (χ1n) is 4.52. The molecule has 6 heteroatoms. The zero-order chi connectivity index (χ0) is 11.9. The van der Waals surface area contributed by atoms with Gasteiger partial charge in [0.15, 0.2) is 5.78 Å². The van der Waals surface area contributed by atoms with Crippen LogP contribution >= 0.6 is 0 Å². The average molecular weight is 232 g/mol. The number of Topliss-reactive ketones (excluding diaryl/α,β-unsaturated/α-hetero) is 1. The standard InChI is InChI=1S/C10H7F3O3/c11-10(12,13)16-8-4-3-6(14)5-1-2-7(15)9(5)8/h3-4,14H,1-2H2. The van der Waals surface area contributed by atoms with Gasteiger partial charge in [0.1, 0.15) is 11.5 Å². The summed E-state index contributed by atoms with van der Waals surface area (Å²) < 4.78 is 39.9. The van der Waals surface area contributed by atoms with Crippen LogP contribution in [0.4, 0.5) is 13.2 Å². The fourth-order valence-electron chi connectivity index (χ4n) is 1.75. The number of benzene rings is 1. The molecule has 0 fully saturated rings. The van der Waals surface area contributed by atoms with E-state index in [0.29, 0.717) is 0 Å². The Balaban J connectivity index is 2.49. The molecule has 0 bridgehead atoms. The summed E-state index contributed by atoms with van der Waals surface area (Å²) in [4.78, 5) is 11.4. The fourth-order valence-corrected chi connectivity index (χ4v) is 1.75. The molecule has 1 aliphatic carbocycles. The number of ether oxygens (including phenoxy) is 1. The SMILES string of the molecule is O=C1CCc2c(O)ccc(OC(F)(F)F)c21. The first kappa shape index (κ1) is 10.8. The molecule has 0 radical (unpaired) electrons. The van der Waals surface area contributed by atoms with Crippen molar-refractivity contribution in [2.45, 2.75) is 19.2 Å². The number of phenolic OH excluding ortho intramolecular Hbond substituents is 1. The second-order valence-corrected chi connectivity index (χ2v) is 3.41. The minimum absolute atomic E-state index is 0.0983. The van der Waals surface area contributed by atoms with Gasteiger partial charge in [-0.3, -0.25) is 4.79 Å². The Morgan fingerprint density at radius 2 is 1.94 bits per heavy atom. The van der Waals surface area contributed by atoms with Crippen molar-refractivity contribution in [2.75, 3.05) is 0 Å². The Morgan fingerprint density at radius 3 is 2.56 bits per heavy atom. The highest BCUT2D eigenvalue weighted by Crippen LogP contribution is 2.38. The van der Waals surface area contributed by atoms with E-state index in [0.717, 1.165) is 12.1 Å². The molecular weight excluding hydrogens is 225 g/mol. The van der Waals surface area contributed by atoms with E-state index in [4.69, 9.17) is 0 Å². The molecule has 1 aromatic rings. The van der Waals surface area contributed by atoms with Gasteiger partial charge in [-0.2, -0.15) is 0 Å². The number of phenols is 1. The molecule has 0 spiro atoms. The Labute approximate surface area is 88.5 Å². The van der Waals surface area contributed by atoms with Gasteiger partial charge in [0.05, 0.1) is 5.56 Å². The van der Waals surface area contributed by atoms with Gasteiger partial charge in [-0.1, -0.05) is 0 Å². The highest BCUT2D eigenvalue weighted by Gasteiger charge is 2.35. The number of carbonyl (C=O) groups is 1. The van der Waals surface area contributed by atoms with Crippen LogP contribution in [-0.4, -0.2) is 17.3 Å². The van der Waals surface area contributed by atoms with Crippen LogP contribution in [0.5, 0.6) is 11.5 Å². The van der Waals surface area contributed by atoms with Crippen molar-refractivity contribution in [3.05, 3.63) is 23.3 Å². The fraction of sp³-hybridized carbons (Fsp3) is 0.300. The molecule has 0 unspecified atom stereocenters. The first-order chi connectivity index (χ1) is 7.38. The predicted octanol–water partition coefficient (Wildman–Crippen LogP) is 2.42. The largest absolute Gasteiger partial charge is 0.573 e. The summed E-state index contributed by atoms with van der Waals surface area (Å²) >= 11 is 0. The zero-order valence-corrected chi connectivity index (χ0v) is 7.97. The molecule has 2 rings (SSSR count). The summed E-state index contributed by atoms with van der Waals surface area (Å²) in [6.45, 7) is 0. The average Bonchev–Trinajstić information content (AvgIpc) is 2.52. The van der Waals surface area contributed by atoms with E-state index in [-0.39, 0.29) is 29.7 Å². The summed E-state index contributed by atoms with van der Waals surface area (Å²) in [5.41, 5.74) is 0.0732. The number of hydrogen-bond donors (Lipinski definition) is 1. The van der Waals surface area contributed by atoms with Crippen LogP contribution in [0.3, 0.4) is 0 Å². The van der Waals surface area contributed by atoms with Gasteiger partial charge < -0.3 is 9.84 Å². The summed E-state index contributed by atoms with van der Waals surface area (Å²) in [5.74, 6) is -1.15. The third-order valence-corrected chi connectivity index (χ3v) is 2.36. The van der Waals surface area contributed by atoms with E-state index >= 15 is 0 Å². The maximum absolute atomic E-state index is 12.0. The molecule has 0 saturated carbocycles. The number of carbonyl (C=O) groups excluding carboxylic acids is 1.